The Morgan fingerprint density at radius 3 is 2.32 bits per heavy atom. The first-order chi connectivity index (χ1) is 11.9. The van der Waals surface area contributed by atoms with Crippen LogP contribution in [-0.4, -0.2) is 31.2 Å². The van der Waals surface area contributed by atoms with Crippen LogP contribution in [0, 0.1) is 10.1 Å². The first-order valence-electron chi connectivity index (χ1n) is 7.38. The number of esters is 1. The highest BCUT2D eigenvalue weighted by Crippen LogP contribution is 2.31. The maximum Gasteiger partial charge on any atom is 0.346 e. The minimum absolute atomic E-state index is 0.0982. The highest BCUT2D eigenvalue weighted by molar-refractivity contribution is 5.74. The molecule has 0 heterocycles. The number of ether oxygens (including phenoxy) is 3. The second kappa shape index (κ2) is 8.00. The van der Waals surface area contributed by atoms with Crippen molar-refractivity contribution in [3.05, 3.63) is 52.6 Å². The van der Waals surface area contributed by atoms with E-state index in [2.05, 4.69) is 10.1 Å². The number of nitro benzene ring substituents is 1. The van der Waals surface area contributed by atoms with E-state index in [1.54, 1.807) is 43.3 Å². The summed E-state index contributed by atoms with van der Waals surface area (Å²) in [6.07, 6.45) is -0.730. The van der Waals surface area contributed by atoms with Gasteiger partial charge in [-0.3, -0.25) is 10.1 Å². The molecule has 8 heteroatoms. The van der Waals surface area contributed by atoms with Crippen molar-refractivity contribution in [3.63, 3.8) is 0 Å². The molecule has 1 N–H and O–H groups in total. The van der Waals surface area contributed by atoms with Crippen LogP contribution in [0.5, 0.6) is 11.5 Å². The van der Waals surface area contributed by atoms with Gasteiger partial charge in [0.2, 0.25) is 0 Å². The highest BCUT2D eigenvalue weighted by atomic mass is 16.6. The van der Waals surface area contributed by atoms with E-state index in [9.17, 15) is 14.9 Å². The Morgan fingerprint density at radius 2 is 1.76 bits per heavy atom. The maximum atomic E-state index is 11.3. The largest absolute Gasteiger partial charge is 0.496 e. The quantitative estimate of drug-likeness (QED) is 0.466. The number of carbonyl (C=O) groups is 1. The van der Waals surface area contributed by atoms with Crippen LogP contribution in [0.1, 0.15) is 6.92 Å². The number of nitrogens with zero attached hydrogens (tertiary/aromatic N) is 1. The predicted octanol–water partition coefficient (Wildman–Crippen LogP) is 3.29. The van der Waals surface area contributed by atoms with Crippen molar-refractivity contribution in [1.29, 1.82) is 0 Å². The summed E-state index contributed by atoms with van der Waals surface area (Å²) < 4.78 is 15.0. The second-order valence-corrected chi connectivity index (χ2v) is 5.07. The molecule has 132 valence electrons. The summed E-state index contributed by atoms with van der Waals surface area (Å²) in [5.74, 6) is 0.404. The molecule has 0 saturated heterocycles. The maximum absolute atomic E-state index is 11.3. The molecule has 0 radical (unpaired) electrons. The van der Waals surface area contributed by atoms with Crippen LogP contribution >= 0.6 is 0 Å². The van der Waals surface area contributed by atoms with Gasteiger partial charge in [-0.2, -0.15) is 0 Å². The molecule has 2 rings (SSSR count). The normalized spacial score (nSPS) is 11.3. The Kier molecular flexibility index (Phi) is 5.78. The third kappa shape index (κ3) is 4.60. The van der Waals surface area contributed by atoms with Gasteiger partial charge in [0, 0.05) is 5.69 Å². The fraction of sp³-hybridized carbons (Fsp3) is 0.235. The summed E-state index contributed by atoms with van der Waals surface area (Å²) in [5, 5.41) is 14.2. The van der Waals surface area contributed by atoms with Gasteiger partial charge < -0.3 is 19.5 Å². The number of hydrogen-bond donors (Lipinski definition) is 1. The molecule has 1 unspecified atom stereocenters. The molecule has 0 amide bonds. The summed E-state index contributed by atoms with van der Waals surface area (Å²) in [4.78, 5) is 22.1. The van der Waals surface area contributed by atoms with E-state index in [4.69, 9.17) is 9.47 Å². The van der Waals surface area contributed by atoms with Gasteiger partial charge in [-0.05, 0) is 43.3 Å². The van der Waals surface area contributed by atoms with Gasteiger partial charge in [0.1, 0.15) is 17.2 Å². The molecule has 8 nitrogen and oxygen atoms in total. The van der Waals surface area contributed by atoms with Crippen LogP contribution in [-0.2, 0) is 9.53 Å². The van der Waals surface area contributed by atoms with Crippen molar-refractivity contribution in [2.75, 3.05) is 19.5 Å². The number of nitrogens with one attached hydrogen (secondary N) is 1. The average molecular weight is 346 g/mol. The van der Waals surface area contributed by atoms with Crippen LogP contribution in [0.15, 0.2) is 42.5 Å². The molecule has 0 aliphatic heterocycles. The molecule has 25 heavy (non-hydrogen) atoms. The van der Waals surface area contributed by atoms with Crippen molar-refractivity contribution in [3.8, 4) is 11.5 Å². The summed E-state index contributed by atoms with van der Waals surface area (Å²) in [6, 6.07) is 11.2. The number of benzene rings is 2. The van der Waals surface area contributed by atoms with Gasteiger partial charge in [0.05, 0.1) is 25.2 Å². The van der Waals surface area contributed by atoms with E-state index in [1.165, 1.54) is 20.3 Å². The van der Waals surface area contributed by atoms with Crippen LogP contribution in [0.3, 0.4) is 0 Å². The number of carbonyl (C=O) groups excluding carboxylic acids is 1. The molecule has 0 spiro atoms. The van der Waals surface area contributed by atoms with Crippen LogP contribution in [0.25, 0.3) is 0 Å². The molecular formula is C17H18N2O6. The third-order valence-electron chi connectivity index (χ3n) is 3.38. The standard InChI is InChI=1S/C17H18N2O6/c1-11(17(20)24-3)25-13-6-4-12(5-7-13)18-15-9-8-14(23-2)10-16(15)19(21)22/h4-11,18H,1-3H3. The monoisotopic (exact) mass is 346 g/mol. The minimum atomic E-state index is -0.730. The van der Waals surface area contributed by atoms with E-state index in [1.807, 2.05) is 0 Å². The zero-order valence-electron chi connectivity index (χ0n) is 14.0. The minimum Gasteiger partial charge on any atom is -0.496 e. The summed E-state index contributed by atoms with van der Waals surface area (Å²) in [5.41, 5.74) is 0.868. The van der Waals surface area contributed by atoms with E-state index >= 15 is 0 Å². The fourth-order valence-electron chi connectivity index (χ4n) is 2.09. The van der Waals surface area contributed by atoms with Crippen LogP contribution in [0.4, 0.5) is 17.1 Å². The number of hydrogen-bond acceptors (Lipinski definition) is 7. The lowest BCUT2D eigenvalue weighted by Gasteiger charge is -2.13. The number of nitro groups is 1. The molecule has 1 atom stereocenters. The molecule has 0 saturated carbocycles. The van der Waals surface area contributed by atoms with Crippen LogP contribution < -0.4 is 14.8 Å². The van der Waals surface area contributed by atoms with Crippen molar-refractivity contribution in [2.45, 2.75) is 13.0 Å². The van der Waals surface area contributed by atoms with E-state index in [0.29, 0.717) is 22.9 Å². The second-order valence-electron chi connectivity index (χ2n) is 5.07. The summed E-state index contributed by atoms with van der Waals surface area (Å²) in [7, 11) is 2.73. The molecule has 0 aliphatic rings. The van der Waals surface area contributed by atoms with Crippen molar-refractivity contribution in [1.82, 2.24) is 0 Å². The number of rotatable bonds is 7. The Hall–Kier alpha value is -3.29. The van der Waals surface area contributed by atoms with E-state index in [-0.39, 0.29) is 5.69 Å². The van der Waals surface area contributed by atoms with Crippen molar-refractivity contribution in [2.24, 2.45) is 0 Å². The zero-order chi connectivity index (χ0) is 18.4. The predicted molar refractivity (Wildman–Crippen MR) is 91.5 cm³/mol. The van der Waals surface area contributed by atoms with E-state index < -0.39 is 17.0 Å². The van der Waals surface area contributed by atoms with Gasteiger partial charge in [-0.25, -0.2) is 4.79 Å². The Balaban J connectivity index is 2.14. The lowest BCUT2D eigenvalue weighted by molar-refractivity contribution is -0.384. The van der Waals surface area contributed by atoms with Gasteiger partial charge in [-0.15, -0.1) is 0 Å². The van der Waals surface area contributed by atoms with Gasteiger partial charge in [0.15, 0.2) is 6.10 Å². The smallest absolute Gasteiger partial charge is 0.346 e. The number of anilines is 2. The lowest BCUT2D eigenvalue weighted by atomic mass is 10.2. The molecule has 0 aromatic heterocycles. The number of methoxy groups -OCH3 is 2. The molecule has 0 aliphatic carbocycles. The lowest BCUT2D eigenvalue weighted by Crippen LogP contribution is -2.24. The molecule has 2 aromatic carbocycles. The molecule has 0 bridgehead atoms. The topological polar surface area (TPSA) is 99.9 Å². The van der Waals surface area contributed by atoms with Gasteiger partial charge in [0.25, 0.3) is 5.69 Å². The summed E-state index contributed by atoms with van der Waals surface area (Å²) in [6.45, 7) is 1.58. The molecule has 2 aromatic rings. The molecule has 0 fully saturated rings. The Bertz CT molecular complexity index is 760. The average Bonchev–Trinajstić information content (AvgIpc) is 2.62. The SMILES string of the molecule is COC(=O)C(C)Oc1ccc(Nc2ccc(OC)cc2[N+](=O)[O-])cc1. The summed E-state index contributed by atoms with van der Waals surface area (Å²) >= 11 is 0. The Labute approximate surface area is 144 Å². The van der Waals surface area contributed by atoms with Crippen LogP contribution in [0.2, 0.25) is 0 Å². The first-order valence-corrected chi connectivity index (χ1v) is 7.38. The zero-order valence-corrected chi connectivity index (χ0v) is 14.0. The third-order valence-corrected chi connectivity index (χ3v) is 3.38. The Morgan fingerprint density at radius 1 is 1.12 bits per heavy atom. The highest BCUT2D eigenvalue weighted by Gasteiger charge is 2.16. The first kappa shape index (κ1) is 18.1. The van der Waals surface area contributed by atoms with Crippen molar-refractivity contribution < 1.29 is 23.9 Å². The fourth-order valence-corrected chi connectivity index (χ4v) is 2.09. The van der Waals surface area contributed by atoms with E-state index in [0.717, 1.165) is 0 Å². The van der Waals surface area contributed by atoms with Gasteiger partial charge >= 0.3 is 5.97 Å². The van der Waals surface area contributed by atoms with Gasteiger partial charge in [-0.1, -0.05) is 0 Å². The molecular weight excluding hydrogens is 328 g/mol. The van der Waals surface area contributed by atoms with Crippen molar-refractivity contribution >= 4 is 23.0 Å².